The van der Waals surface area contributed by atoms with E-state index in [2.05, 4.69) is 37.9 Å². The fourth-order valence-corrected chi connectivity index (χ4v) is 4.37. The number of rotatable bonds is 6. The number of thiophene rings is 1. The van der Waals surface area contributed by atoms with E-state index in [1.54, 1.807) is 16.0 Å². The maximum atomic E-state index is 13.4. The Morgan fingerprint density at radius 2 is 1.96 bits per heavy atom. The molecule has 28 heavy (non-hydrogen) atoms. The van der Waals surface area contributed by atoms with Gasteiger partial charge in [-0.15, -0.1) is 16.4 Å². The molecule has 0 radical (unpaired) electrons. The zero-order chi connectivity index (χ0) is 19.2. The molecule has 4 rings (SSSR count). The van der Waals surface area contributed by atoms with Crippen LogP contribution >= 0.6 is 11.3 Å². The molecular weight excluding hydrogens is 372 g/mol. The summed E-state index contributed by atoms with van der Waals surface area (Å²) in [5, 5.41) is 13.6. The minimum absolute atomic E-state index is 0.0918. The number of aromatic nitrogens is 4. The second kappa shape index (κ2) is 9.07. The van der Waals surface area contributed by atoms with E-state index < -0.39 is 6.04 Å². The van der Waals surface area contributed by atoms with Crippen LogP contribution in [0.1, 0.15) is 22.9 Å². The van der Waals surface area contributed by atoms with Gasteiger partial charge in [-0.25, -0.2) is 4.68 Å². The van der Waals surface area contributed by atoms with Crippen molar-refractivity contribution in [2.45, 2.75) is 25.4 Å². The third-order valence-corrected chi connectivity index (χ3v) is 5.96. The molecule has 1 aliphatic heterocycles. The van der Waals surface area contributed by atoms with Crippen molar-refractivity contribution in [3.05, 3.63) is 64.6 Å². The van der Waals surface area contributed by atoms with Gasteiger partial charge in [-0.2, -0.15) is 0 Å². The van der Waals surface area contributed by atoms with Crippen molar-refractivity contribution >= 4 is 17.2 Å². The first-order chi connectivity index (χ1) is 13.8. The van der Waals surface area contributed by atoms with Crippen molar-refractivity contribution < 1.29 is 4.79 Å². The summed E-state index contributed by atoms with van der Waals surface area (Å²) in [7, 11) is 0. The van der Waals surface area contributed by atoms with Crippen LogP contribution in [0, 0.1) is 0 Å². The van der Waals surface area contributed by atoms with Gasteiger partial charge in [0.2, 0.25) is 5.91 Å². The Kier molecular flexibility index (Phi) is 6.08. The molecule has 1 amide bonds. The molecular formula is C20H24N6OS. The van der Waals surface area contributed by atoms with E-state index in [9.17, 15) is 4.79 Å². The maximum absolute atomic E-state index is 13.4. The first-order valence-electron chi connectivity index (χ1n) is 9.59. The lowest BCUT2D eigenvalue weighted by atomic mass is 10.0. The second-order valence-electron chi connectivity index (χ2n) is 7.03. The number of hydrogen-bond donors (Lipinski definition) is 0. The van der Waals surface area contributed by atoms with Crippen LogP contribution in [0.2, 0.25) is 0 Å². The number of nitrogens with zero attached hydrogens (tertiary/aromatic N) is 6. The summed E-state index contributed by atoms with van der Waals surface area (Å²) in [6.07, 6.45) is 3.09. The monoisotopic (exact) mass is 396 g/mol. The predicted octanol–water partition coefficient (Wildman–Crippen LogP) is 2.25. The molecule has 0 N–H and O–H groups in total. The Hall–Kier alpha value is -2.58. The van der Waals surface area contributed by atoms with Crippen LogP contribution in [-0.2, 0) is 17.8 Å². The zero-order valence-corrected chi connectivity index (χ0v) is 16.5. The van der Waals surface area contributed by atoms with Gasteiger partial charge in [0.05, 0.1) is 0 Å². The molecule has 7 nitrogen and oxygen atoms in total. The molecule has 1 aromatic carbocycles. The third kappa shape index (κ3) is 4.63. The number of hydrogen-bond acceptors (Lipinski definition) is 6. The Bertz CT molecular complexity index is 852. The van der Waals surface area contributed by atoms with E-state index >= 15 is 0 Å². The van der Waals surface area contributed by atoms with Crippen molar-refractivity contribution in [1.29, 1.82) is 0 Å². The van der Waals surface area contributed by atoms with Crippen LogP contribution in [0.5, 0.6) is 0 Å². The SMILES string of the molecule is O=C([C@H](Cc1ccccc1)n1cnnn1)N1CCCN(Cc2cccs2)CC1. The number of tetrazole rings is 1. The van der Waals surface area contributed by atoms with Gasteiger partial charge in [0.1, 0.15) is 12.4 Å². The maximum Gasteiger partial charge on any atom is 0.247 e. The van der Waals surface area contributed by atoms with Gasteiger partial charge in [-0.3, -0.25) is 9.69 Å². The Morgan fingerprint density at radius 1 is 1.07 bits per heavy atom. The van der Waals surface area contributed by atoms with Crippen molar-refractivity contribution in [3.8, 4) is 0 Å². The molecule has 1 saturated heterocycles. The van der Waals surface area contributed by atoms with Crippen molar-refractivity contribution in [2.24, 2.45) is 0 Å². The molecule has 0 aliphatic carbocycles. The molecule has 1 aliphatic rings. The zero-order valence-electron chi connectivity index (χ0n) is 15.7. The fourth-order valence-electron chi connectivity index (χ4n) is 3.63. The highest BCUT2D eigenvalue weighted by Crippen LogP contribution is 2.19. The molecule has 0 saturated carbocycles. The van der Waals surface area contributed by atoms with E-state index in [0.29, 0.717) is 6.42 Å². The number of amides is 1. The first kappa shape index (κ1) is 18.8. The number of benzene rings is 1. The van der Waals surface area contributed by atoms with Crippen molar-refractivity contribution in [3.63, 3.8) is 0 Å². The van der Waals surface area contributed by atoms with Gasteiger partial charge < -0.3 is 4.90 Å². The molecule has 146 valence electrons. The van der Waals surface area contributed by atoms with Crippen LogP contribution in [0.15, 0.2) is 54.2 Å². The normalized spacial score (nSPS) is 16.6. The Labute approximate surface area is 168 Å². The van der Waals surface area contributed by atoms with Crippen LogP contribution < -0.4 is 0 Å². The largest absolute Gasteiger partial charge is 0.339 e. The molecule has 3 heterocycles. The topological polar surface area (TPSA) is 67.2 Å². The van der Waals surface area contributed by atoms with Crippen LogP contribution in [0.4, 0.5) is 0 Å². The lowest BCUT2D eigenvalue weighted by Crippen LogP contribution is -2.40. The van der Waals surface area contributed by atoms with Crippen LogP contribution in [0.25, 0.3) is 0 Å². The molecule has 1 fully saturated rings. The third-order valence-electron chi connectivity index (χ3n) is 5.10. The average molecular weight is 397 g/mol. The lowest BCUT2D eigenvalue weighted by molar-refractivity contribution is -0.135. The number of carbonyl (C=O) groups is 1. The van der Waals surface area contributed by atoms with E-state index in [0.717, 1.165) is 44.7 Å². The molecule has 2 aromatic heterocycles. The average Bonchev–Trinajstić information content (AvgIpc) is 3.38. The highest BCUT2D eigenvalue weighted by Gasteiger charge is 2.28. The molecule has 3 aromatic rings. The summed E-state index contributed by atoms with van der Waals surface area (Å²) in [5.74, 6) is 0.0918. The summed E-state index contributed by atoms with van der Waals surface area (Å²) in [6, 6.07) is 13.9. The molecule has 8 heteroatoms. The van der Waals surface area contributed by atoms with Crippen LogP contribution in [0.3, 0.4) is 0 Å². The van der Waals surface area contributed by atoms with Gasteiger partial charge in [-0.05, 0) is 33.9 Å². The summed E-state index contributed by atoms with van der Waals surface area (Å²) < 4.78 is 1.59. The molecule has 0 spiro atoms. The van der Waals surface area contributed by atoms with Crippen LogP contribution in [-0.4, -0.2) is 62.1 Å². The quantitative estimate of drug-likeness (QED) is 0.639. The van der Waals surface area contributed by atoms with Gasteiger partial charge in [0.25, 0.3) is 0 Å². The summed E-state index contributed by atoms with van der Waals surface area (Å²) >= 11 is 1.79. The van der Waals surface area contributed by atoms with Gasteiger partial charge in [0.15, 0.2) is 0 Å². The van der Waals surface area contributed by atoms with E-state index in [-0.39, 0.29) is 5.91 Å². The molecule has 1 atom stereocenters. The van der Waals surface area contributed by atoms with E-state index in [4.69, 9.17) is 0 Å². The van der Waals surface area contributed by atoms with Crippen molar-refractivity contribution in [2.75, 3.05) is 26.2 Å². The molecule has 0 unspecified atom stereocenters. The van der Waals surface area contributed by atoms with Gasteiger partial charge in [-0.1, -0.05) is 36.4 Å². The highest BCUT2D eigenvalue weighted by atomic mass is 32.1. The van der Waals surface area contributed by atoms with Gasteiger partial charge >= 0.3 is 0 Å². The Morgan fingerprint density at radius 3 is 2.71 bits per heavy atom. The number of carbonyl (C=O) groups excluding carboxylic acids is 1. The summed E-state index contributed by atoms with van der Waals surface area (Å²) in [5.41, 5.74) is 1.10. The summed E-state index contributed by atoms with van der Waals surface area (Å²) in [6.45, 7) is 4.36. The minimum Gasteiger partial charge on any atom is -0.339 e. The predicted molar refractivity (Wildman–Crippen MR) is 108 cm³/mol. The summed E-state index contributed by atoms with van der Waals surface area (Å²) in [4.78, 5) is 19.2. The fraction of sp³-hybridized carbons (Fsp3) is 0.400. The van der Waals surface area contributed by atoms with Crippen molar-refractivity contribution in [1.82, 2.24) is 30.0 Å². The highest BCUT2D eigenvalue weighted by molar-refractivity contribution is 7.09. The first-order valence-corrected chi connectivity index (χ1v) is 10.5. The second-order valence-corrected chi connectivity index (χ2v) is 8.06. The molecule has 0 bridgehead atoms. The standard InChI is InChI=1S/C20H24N6OS/c27-20(19(26-16-21-22-23-26)14-17-6-2-1-3-7-17)25-10-5-9-24(11-12-25)15-18-8-4-13-28-18/h1-4,6-8,13,16,19H,5,9-12,14-15H2/t19-/m0/s1. The van der Waals surface area contributed by atoms with E-state index in [1.165, 1.54) is 11.2 Å². The van der Waals surface area contributed by atoms with E-state index in [1.807, 2.05) is 35.2 Å². The minimum atomic E-state index is -0.416. The smallest absolute Gasteiger partial charge is 0.247 e. The Balaban J connectivity index is 1.44. The van der Waals surface area contributed by atoms with Gasteiger partial charge in [0, 0.05) is 44.0 Å². The lowest BCUT2D eigenvalue weighted by Gasteiger charge is -2.26.